The quantitative estimate of drug-likeness (QED) is 0.370. The van der Waals surface area contributed by atoms with E-state index in [0.29, 0.717) is 0 Å². The summed E-state index contributed by atoms with van der Waals surface area (Å²) >= 11 is 0. The lowest BCUT2D eigenvalue weighted by Crippen LogP contribution is -2.04. The number of carbonyl (C=O) groups excluding carboxylic acids is 2. The third-order valence-electron chi connectivity index (χ3n) is 0.585. The van der Waals surface area contributed by atoms with Crippen LogP contribution in [0.15, 0.2) is 37.6 Å². The molecule has 0 spiro atoms. The molecule has 0 bridgehead atoms. The van der Waals surface area contributed by atoms with E-state index < -0.39 is 11.8 Å². The van der Waals surface area contributed by atoms with Crippen LogP contribution in [0, 0.1) is 0 Å². The first-order valence-corrected chi connectivity index (χ1v) is 3.63. The molecule has 0 heterocycles. The lowest BCUT2D eigenvalue weighted by molar-refractivity contribution is -0.114. The molecule has 0 aromatic rings. The van der Waals surface area contributed by atoms with Gasteiger partial charge in [0.15, 0.2) is 0 Å². The summed E-state index contributed by atoms with van der Waals surface area (Å²) in [5.41, 5.74) is 9.07. The van der Waals surface area contributed by atoms with Gasteiger partial charge in [0.25, 0.3) is 0 Å². The molecule has 0 radical (unpaired) electrons. The molecule has 0 atom stereocenters. The minimum atomic E-state index is -0.481. The molecule has 0 rings (SSSR count). The molecule has 0 aliphatic carbocycles. The van der Waals surface area contributed by atoms with Gasteiger partial charge in [0, 0.05) is 0 Å². The molecule has 2 amide bonds. The fourth-order valence-corrected chi connectivity index (χ4v) is 0. The van der Waals surface area contributed by atoms with Crippen molar-refractivity contribution in [3.63, 3.8) is 0 Å². The van der Waals surface area contributed by atoms with Crippen LogP contribution in [0.5, 0.6) is 0 Å². The summed E-state index contributed by atoms with van der Waals surface area (Å²) < 4.78 is 0. The maximum Gasteiger partial charge on any atom is 0.240 e. The zero-order valence-corrected chi connectivity index (χ0v) is 8.35. The number of rotatable bonds is 3. The maximum atomic E-state index is 9.47. The number of hydrogen-bond acceptors (Lipinski definition) is 4. The summed E-state index contributed by atoms with van der Waals surface area (Å²) in [5, 5.41) is 15.7. The van der Waals surface area contributed by atoms with Gasteiger partial charge < -0.3 is 21.7 Å². The Morgan fingerprint density at radius 3 is 1.27 bits per heavy atom. The Balaban J connectivity index is -0.000000144. The van der Waals surface area contributed by atoms with Gasteiger partial charge in [-0.05, 0) is 12.2 Å². The molecule has 15 heavy (non-hydrogen) atoms. The van der Waals surface area contributed by atoms with Crippen molar-refractivity contribution in [2.45, 2.75) is 0 Å². The first-order chi connectivity index (χ1) is 6.81. The number of primary amides is 2. The lowest BCUT2D eigenvalue weighted by atomic mass is 10.6. The standard InChI is InChI=1S/2C3H5NO.C3H6O2/c2*1-2-3(4)5;1-3(5)2-4/h2*2H,1H2,(H2,4,5);4-5H,1-2H2. The molecular weight excluding hydrogens is 200 g/mol. The molecule has 0 fully saturated rings. The normalized spacial score (nSPS) is 6.73. The molecule has 0 aliphatic heterocycles. The summed E-state index contributed by atoms with van der Waals surface area (Å²) in [6.45, 7) is 8.82. The Morgan fingerprint density at radius 1 is 1.13 bits per heavy atom. The number of carbonyl (C=O) groups is 2. The first kappa shape index (κ1) is 18.7. The number of aliphatic hydroxyl groups excluding tert-OH is 2. The molecule has 0 aromatic carbocycles. The largest absolute Gasteiger partial charge is 0.510 e. The van der Waals surface area contributed by atoms with E-state index in [1.165, 1.54) is 0 Å². The molecule has 0 saturated carbocycles. The second-order valence-electron chi connectivity index (χ2n) is 1.94. The summed E-state index contributed by atoms with van der Waals surface area (Å²) in [7, 11) is 0. The molecule has 0 saturated heterocycles. The molecule has 6 N–H and O–H groups in total. The Kier molecular flexibility index (Phi) is 18.0. The molecule has 0 aromatic heterocycles. The van der Waals surface area contributed by atoms with Crippen LogP contribution < -0.4 is 11.5 Å². The molecule has 0 aliphatic rings. The van der Waals surface area contributed by atoms with Crippen molar-refractivity contribution in [1.82, 2.24) is 0 Å². The van der Waals surface area contributed by atoms with E-state index in [1.807, 2.05) is 0 Å². The van der Waals surface area contributed by atoms with Crippen LogP contribution in [0.2, 0.25) is 0 Å². The Bertz CT molecular complexity index is 218. The van der Waals surface area contributed by atoms with Gasteiger partial charge in [-0.1, -0.05) is 19.7 Å². The fraction of sp³-hybridized carbons (Fsp3) is 0.111. The van der Waals surface area contributed by atoms with Crippen molar-refractivity contribution in [3.8, 4) is 0 Å². The minimum Gasteiger partial charge on any atom is -0.510 e. The van der Waals surface area contributed by atoms with Crippen LogP contribution in [0.3, 0.4) is 0 Å². The number of hydrogen-bond donors (Lipinski definition) is 4. The van der Waals surface area contributed by atoms with E-state index in [4.69, 9.17) is 10.2 Å². The SMILES string of the molecule is C=C(O)CO.C=CC(N)=O.C=CC(N)=O. The van der Waals surface area contributed by atoms with E-state index >= 15 is 0 Å². The molecule has 86 valence electrons. The topological polar surface area (TPSA) is 127 Å². The van der Waals surface area contributed by atoms with Gasteiger partial charge in [-0.2, -0.15) is 0 Å². The van der Waals surface area contributed by atoms with Crippen LogP contribution in [0.25, 0.3) is 0 Å². The third kappa shape index (κ3) is 76.3. The second kappa shape index (κ2) is 14.4. The van der Waals surface area contributed by atoms with Crippen molar-refractivity contribution in [2.75, 3.05) is 6.61 Å². The van der Waals surface area contributed by atoms with E-state index in [0.717, 1.165) is 12.2 Å². The Labute approximate surface area is 88.2 Å². The highest BCUT2D eigenvalue weighted by molar-refractivity contribution is 5.85. The van der Waals surface area contributed by atoms with Crippen LogP contribution in [0.4, 0.5) is 0 Å². The van der Waals surface area contributed by atoms with Crippen molar-refractivity contribution in [1.29, 1.82) is 0 Å². The summed E-state index contributed by atoms with van der Waals surface area (Å²) in [6, 6.07) is 0. The van der Waals surface area contributed by atoms with Crippen LogP contribution in [0.1, 0.15) is 0 Å². The summed E-state index contributed by atoms with van der Waals surface area (Å²) in [4.78, 5) is 18.9. The maximum absolute atomic E-state index is 9.47. The fourth-order valence-electron chi connectivity index (χ4n) is 0. The van der Waals surface area contributed by atoms with Crippen LogP contribution in [-0.4, -0.2) is 28.6 Å². The smallest absolute Gasteiger partial charge is 0.240 e. The van der Waals surface area contributed by atoms with Crippen molar-refractivity contribution in [3.05, 3.63) is 37.6 Å². The van der Waals surface area contributed by atoms with E-state index in [-0.39, 0.29) is 12.4 Å². The minimum absolute atomic E-state index is 0.190. The first-order valence-electron chi connectivity index (χ1n) is 3.63. The average molecular weight is 216 g/mol. The average Bonchev–Trinajstić information content (AvgIpc) is 2.19. The zero-order valence-electron chi connectivity index (χ0n) is 8.35. The monoisotopic (exact) mass is 216 g/mol. The third-order valence-corrected chi connectivity index (χ3v) is 0.585. The van der Waals surface area contributed by atoms with E-state index in [2.05, 4.69) is 31.2 Å². The van der Waals surface area contributed by atoms with Crippen molar-refractivity contribution < 1.29 is 19.8 Å². The van der Waals surface area contributed by atoms with Gasteiger partial charge in [0.2, 0.25) is 11.8 Å². The van der Waals surface area contributed by atoms with Gasteiger partial charge in [0.1, 0.15) is 5.76 Å². The predicted octanol–water partition coefficient (Wildman–Crippen LogP) is -0.634. The van der Waals surface area contributed by atoms with Gasteiger partial charge in [-0.15, -0.1) is 0 Å². The number of nitrogens with two attached hydrogens (primary N) is 2. The number of amides is 2. The molecule has 6 heteroatoms. The Morgan fingerprint density at radius 2 is 1.27 bits per heavy atom. The van der Waals surface area contributed by atoms with Gasteiger partial charge in [0.05, 0.1) is 6.61 Å². The molecular formula is C9H16N2O4. The van der Waals surface area contributed by atoms with Crippen LogP contribution >= 0.6 is 0 Å². The van der Waals surface area contributed by atoms with Gasteiger partial charge in [-0.25, -0.2) is 0 Å². The highest BCUT2D eigenvalue weighted by Crippen LogP contribution is 1.70. The highest BCUT2D eigenvalue weighted by Gasteiger charge is 1.72. The van der Waals surface area contributed by atoms with Gasteiger partial charge >= 0.3 is 0 Å². The number of aliphatic hydroxyl groups is 2. The van der Waals surface area contributed by atoms with E-state index in [1.54, 1.807) is 0 Å². The Hall–Kier alpha value is -2.08. The highest BCUT2D eigenvalue weighted by atomic mass is 16.3. The molecule has 0 unspecified atom stereocenters. The van der Waals surface area contributed by atoms with Crippen molar-refractivity contribution in [2.24, 2.45) is 11.5 Å². The zero-order chi connectivity index (χ0) is 12.9. The molecule has 6 nitrogen and oxygen atoms in total. The second-order valence-corrected chi connectivity index (χ2v) is 1.94. The summed E-state index contributed by atoms with van der Waals surface area (Å²) in [5.74, 6) is -1.15. The van der Waals surface area contributed by atoms with Crippen molar-refractivity contribution >= 4 is 11.8 Å². The summed E-state index contributed by atoms with van der Waals surface area (Å²) in [6.07, 6.45) is 2.11. The van der Waals surface area contributed by atoms with Gasteiger partial charge in [-0.3, -0.25) is 9.59 Å². The lowest BCUT2D eigenvalue weighted by Gasteiger charge is -1.80. The van der Waals surface area contributed by atoms with Crippen LogP contribution in [-0.2, 0) is 9.59 Å². The predicted molar refractivity (Wildman–Crippen MR) is 57.6 cm³/mol. The van der Waals surface area contributed by atoms with E-state index in [9.17, 15) is 9.59 Å².